The van der Waals surface area contributed by atoms with E-state index in [2.05, 4.69) is 9.71 Å². The molecule has 2 N–H and O–H groups in total. The van der Waals surface area contributed by atoms with Crippen LogP contribution in [0.15, 0.2) is 41.8 Å². The van der Waals surface area contributed by atoms with Crippen LogP contribution in [-0.4, -0.2) is 59.0 Å². The first kappa shape index (κ1) is 33.6. The molecule has 0 saturated heterocycles. The normalized spacial score (nSPS) is 14.4. The number of halogens is 3. The number of sulfonamides is 1. The number of aliphatic hydroxyl groups is 1. The molecule has 8 nitrogen and oxygen atoms in total. The largest absolute Gasteiger partial charge is 0.473 e. The lowest BCUT2D eigenvalue weighted by molar-refractivity contribution is -0.205. The van der Waals surface area contributed by atoms with E-state index >= 15 is 0 Å². The number of aromatic nitrogens is 2. The molecule has 0 spiro atoms. The topological polar surface area (TPSA) is 118 Å². The Morgan fingerprint density at radius 1 is 1.02 bits per heavy atom. The monoisotopic (exact) mass is 603 g/mol. The molecule has 4 rings (SSSR count). The van der Waals surface area contributed by atoms with Crippen LogP contribution in [0.2, 0.25) is 0 Å². The highest BCUT2D eigenvalue weighted by molar-refractivity contribution is 7.90. The Bertz CT molecular complexity index is 1340. The van der Waals surface area contributed by atoms with Crippen LogP contribution in [0.1, 0.15) is 54.4 Å². The van der Waals surface area contributed by atoms with Gasteiger partial charge in [0, 0.05) is 12.0 Å². The number of rotatable bonds is 8. The molecule has 1 aromatic carbocycles. The summed E-state index contributed by atoms with van der Waals surface area (Å²) >= 11 is 1.64. The Labute approximate surface area is 237 Å². The van der Waals surface area contributed by atoms with Gasteiger partial charge in [-0.05, 0) is 64.1 Å². The van der Waals surface area contributed by atoms with Crippen molar-refractivity contribution in [2.75, 3.05) is 0 Å². The van der Waals surface area contributed by atoms with E-state index in [0.717, 1.165) is 34.4 Å². The van der Waals surface area contributed by atoms with E-state index in [1.54, 1.807) is 11.3 Å². The highest BCUT2D eigenvalue weighted by Crippen LogP contribution is 2.32. The highest BCUT2D eigenvalue weighted by atomic mass is 32.2. The van der Waals surface area contributed by atoms with E-state index in [1.807, 2.05) is 69.5 Å². The molecular weight excluding hydrogens is 567 g/mol. The molecule has 0 radical (unpaired) electrons. The first-order chi connectivity index (χ1) is 18.5. The zero-order valence-electron chi connectivity index (χ0n) is 23.3. The molecule has 222 valence electrons. The second-order valence-corrected chi connectivity index (χ2v) is 13.0. The summed E-state index contributed by atoms with van der Waals surface area (Å²) in [7, 11) is -2.94. The molecule has 3 aromatic rings. The second-order valence-electron chi connectivity index (χ2n) is 10.0. The van der Waals surface area contributed by atoms with Gasteiger partial charge in [-0.1, -0.05) is 32.0 Å². The number of carbonyl (C=O) groups excluding carboxylic acids is 1. The van der Waals surface area contributed by atoms with E-state index in [0.29, 0.717) is 5.88 Å². The first-order valence-electron chi connectivity index (χ1n) is 12.8. The standard InChI is InChI=1S/C15H14N2OS.C6H9F3O2.C6H13NO2S/c1-10(2)18-15-14(13-8-5-9-19-13)16-11-6-3-4-7-12(11)17-15;1-3(2)4(10)5(11)6(7,8)9;1-5(2)7-10(8,9)6-3-4-6/h3-10H,1-2H3;3,5,11H,1-2H3;5-7H,3-4H2,1-2H3/t;5-;/m.1./s1. The van der Waals surface area contributed by atoms with Crippen molar-refractivity contribution in [1.82, 2.24) is 14.7 Å². The third kappa shape index (κ3) is 10.4. The van der Waals surface area contributed by atoms with Gasteiger partial charge >= 0.3 is 6.18 Å². The molecule has 1 aliphatic rings. The molecule has 0 amide bonds. The number of thiophene rings is 1. The quantitative estimate of drug-likeness (QED) is 0.336. The molecule has 0 bridgehead atoms. The average Bonchev–Trinajstić information content (AvgIpc) is 3.58. The van der Waals surface area contributed by atoms with Crippen molar-refractivity contribution in [1.29, 1.82) is 0 Å². The molecule has 1 aliphatic carbocycles. The van der Waals surface area contributed by atoms with Crippen molar-refractivity contribution in [3.63, 3.8) is 0 Å². The van der Waals surface area contributed by atoms with E-state index in [1.165, 1.54) is 13.8 Å². The van der Waals surface area contributed by atoms with E-state index < -0.39 is 34.0 Å². The maximum Gasteiger partial charge on any atom is 0.421 e. The summed E-state index contributed by atoms with van der Waals surface area (Å²) in [6, 6.07) is 11.9. The summed E-state index contributed by atoms with van der Waals surface area (Å²) in [6.07, 6.45) is -5.91. The lowest BCUT2D eigenvalue weighted by Crippen LogP contribution is -2.38. The molecule has 1 atom stereocenters. The summed E-state index contributed by atoms with van der Waals surface area (Å²) in [5.74, 6) is -1.39. The third-order valence-electron chi connectivity index (χ3n) is 5.15. The average molecular weight is 604 g/mol. The Morgan fingerprint density at radius 2 is 1.60 bits per heavy atom. The van der Waals surface area contributed by atoms with Gasteiger partial charge in [0.1, 0.15) is 5.69 Å². The molecule has 2 aromatic heterocycles. The summed E-state index contributed by atoms with van der Waals surface area (Å²) in [6.45, 7) is 10.3. The van der Waals surface area contributed by atoms with Crippen LogP contribution < -0.4 is 9.46 Å². The van der Waals surface area contributed by atoms with Gasteiger partial charge in [0.25, 0.3) is 0 Å². The minimum atomic E-state index is -4.83. The number of fused-ring (bicyclic) bond motifs is 1. The fourth-order valence-corrected chi connectivity index (χ4v) is 5.45. The van der Waals surface area contributed by atoms with Crippen LogP contribution in [-0.2, 0) is 14.8 Å². The maximum atomic E-state index is 11.6. The zero-order valence-corrected chi connectivity index (χ0v) is 24.9. The number of Topliss-reactive ketones (excluding diaryl/α,β-unsaturated/α-hetero) is 1. The minimum absolute atomic E-state index is 0.0330. The Hall–Kier alpha value is -2.61. The molecular formula is C27H36F3N3O5S2. The molecule has 40 heavy (non-hydrogen) atoms. The number of benzene rings is 1. The number of nitrogens with one attached hydrogen (secondary N) is 1. The van der Waals surface area contributed by atoms with Crippen LogP contribution in [0, 0.1) is 5.92 Å². The van der Waals surface area contributed by atoms with Gasteiger partial charge in [0.15, 0.2) is 5.78 Å². The molecule has 0 unspecified atom stereocenters. The van der Waals surface area contributed by atoms with Crippen LogP contribution >= 0.6 is 11.3 Å². The van der Waals surface area contributed by atoms with Crippen molar-refractivity contribution in [3.05, 3.63) is 41.8 Å². The van der Waals surface area contributed by atoms with Crippen molar-refractivity contribution in [2.24, 2.45) is 5.92 Å². The Morgan fingerprint density at radius 3 is 2.00 bits per heavy atom. The first-order valence-corrected chi connectivity index (χ1v) is 15.2. The summed E-state index contributed by atoms with van der Waals surface area (Å²) in [5.41, 5.74) is 2.57. The van der Waals surface area contributed by atoms with Crippen LogP contribution in [0.3, 0.4) is 0 Å². The van der Waals surface area contributed by atoms with Crippen molar-refractivity contribution in [3.8, 4) is 16.5 Å². The van der Waals surface area contributed by atoms with E-state index in [4.69, 9.17) is 14.8 Å². The summed E-state index contributed by atoms with van der Waals surface area (Å²) in [5, 5.41) is 10.3. The van der Waals surface area contributed by atoms with Gasteiger partial charge in [-0.25, -0.2) is 23.1 Å². The van der Waals surface area contributed by atoms with E-state index in [-0.39, 0.29) is 17.4 Å². The third-order valence-corrected chi connectivity index (χ3v) is 8.18. The number of para-hydroxylation sites is 2. The van der Waals surface area contributed by atoms with Gasteiger partial charge < -0.3 is 9.84 Å². The van der Waals surface area contributed by atoms with Crippen LogP contribution in [0.25, 0.3) is 21.6 Å². The number of alkyl halides is 3. The van der Waals surface area contributed by atoms with Crippen molar-refractivity contribution in [2.45, 2.75) is 84.1 Å². The minimum Gasteiger partial charge on any atom is -0.473 e. The number of carbonyl (C=O) groups is 1. The molecule has 13 heteroatoms. The van der Waals surface area contributed by atoms with Gasteiger partial charge in [-0.2, -0.15) is 13.2 Å². The molecule has 1 saturated carbocycles. The fraction of sp³-hybridized carbons (Fsp3) is 0.519. The van der Waals surface area contributed by atoms with Crippen LogP contribution in [0.5, 0.6) is 5.88 Å². The predicted octanol–water partition coefficient (Wildman–Crippen LogP) is 5.76. The van der Waals surface area contributed by atoms with Crippen molar-refractivity contribution < 1.29 is 36.2 Å². The number of hydrogen-bond acceptors (Lipinski definition) is 8. The smallest absolute Gasteiger partial charge is 0.421 e. The lowest BCUT2D eigenvalue weighted by atomic mass is 10.0. The molecule has 0 aliphatic heterocycles. The number of hydrogen-bond donors (Lipinski definition) is 2. The van der Waals surface area contributed by atoms with Gasteiger partial charge in [-0.15, -0.1) is 11.3 Å². The summed E-state index contributed by atoms with van der Waals surface area (Å²) < 4.78 is 65.3. The van der Waals surface area contributed by atoms with Crippen molar-refractivity contribution >= 4 is 38.2 Å². The highest BCUT2D eigenvalue weighted by Gasteiger charge is 2.43. The number of nitrogens with zero attached hydrogens (tertiary/aromatic N) is 2. The fourth-order valence-electron chi connectivity index (χ4n) is 3.14. The van der Waals surface area contributed by atoms with E-state index in [9.17, 15) is 26.4 Å². The molecule has 2 heterocycles. The predicted molar refractivity (Wildman–Crippen MR) is 151 cm³/mol. The van der Waals surface area contributed by atoms with Gasteiger partial charge in [-0.3, -0.25) is 4.79 Å². The zero-order chi connectivity index (χ0) is 30.3. The SMILES string of the molecule is CC(C)C(=O)[C@@H](O)C(F)(F)F.CC(C)NS(=O)(=O)C1CC1.CC(C)Oc1nc2ccccc2nc1-c1cccs1. The number of ketones is 1. The summed E-state index contributed by atoms with van der Waals surface area (Å²) in [4.78, 5) is 20.9. The second kappa shape index (κ2) is 14.3. The Kier molecular flexibility index (Phi) is 12.0. The molecule has 1 fully saturated rings. The van der Waals surface area contributed by atoms with Crippen LogP contribution in [0.4, 0.5) is 13.2 Å². The Balaban J connectivity index is 0.000000229. The number of aliphatic hydroxyl groups excluding tert-OH is 1. The maximum absolute atomic E-state index is 11.6. The number of ether oxygens (including phenoxy) is 1. The van der Waals surface area contributed by atoms with Gasteiger partial charge in [0.2, 0.25) is 22.0 Å². The lowest BCUT2D eigenvalue weighted by Gasteiger charge is -2.14. The van der Waals surface area contributed by atoms with Gasteiger partial charge in [0.05, 0.1) is 27.3 Å².